The van der Waals surface area contributed by atoms with Gasteiger partial charge in [-0.25, -0.2) is 9.18 Å². The minimum absolute atomic E-state index is 0.0533. The number of nitrogens with one attached hydrogen (secondary N) is 1. The van der Waals surface area contributed by atoms with Gasteiger partial charge < -0.3 is 14.8 Å². The fourth-order valence-corrected chi connectivity index (χ4v) is 2.09. The minimum atomic E-state index is -0.678. The molecule has 2 rings (SSSR count). The van der Waals surface area contributed by atoms with E-state index in [4.69, 9.17) is 21.1 Å². The van der Waals surface area contributed by atoms with Gasteiger partial charge in [0.05, 0.1) is 17.8 Å². The molecule has 0 spiro atoms. The van der Waals surface area contributed by atoms with Crippen LogP contribution in [0, 0.1) is 5.82 Å². The van der Waals surface area contributed by atoms with Gasteiger partial charge in [-0.05, 0) is 42.0 Å². The third kappa shape index (κ3) is 5.93. The average molecular weight is 364 g/mol. The number of halogens is 2. The second kappa shape index (κ2) is 8.84. The predicted molar refractivity (Wildman–Crippen MR) is 93.0 cm³/mol. The number of amides is 1. The number of hydrogen-bond acceptors (Lipinski definition) is 4. The van der Waals surface area contributed by atoms with E-state index in [0.29, 0.717) is 5.75 Å². The molecule has 2 aromatic rings. The van der Waals surface area contributed by atoms with Crippen molar-refractivity contribution in [2.45, 2.75) is 0 Å². The number of rotatable bonds is 6. The number of carbonyl (C=O) groups excluding carboxylic acids is 2. The zero-order valence-electron chi connectivity index (χ0n) is 13.3. The molecule has 0 radical (unpaired) electrons. The molecule has 0 aromatic heterocycles. The van der Waals surface area contributed by atoms with Gasteiger partial charge in [0.25, 0.3) is 5.91 Å². The summed E-state index contributed by atoms with van der Waals surface area (Å²) in [5, 5.41) is 2.48. The number of carbonyl (C=O) groups is 2. The molecule has 0 fully saturated rings. The van der Waals surface area contributed by atoms with Gasteiger partial charge in [-0.1, -0.05) is 23.7 Å². The Bertz CT molecular complexity index is 807. The zero-order valence-corrected chi connectivity index (χ0v) is 14.0. The van der Waals surface area contributed by atoms with Gasteiger partial charge in [0.2, 0.25) is 0 Å². The van der Waals surface area contributed by atoms with Crippen LogP contribution in [0.3, 0.4) is 0 Å². The molecule has 25 heavy (non-hydrogen) atoms. The molecule has 0 aliphatic rings. The van der Waals surface area contributed by atoms with Crippen molar-refractivity contribution in [1.82, 2.24) is 0 Å². The lowest BCUT2D eigenvalue weighted by Gasteiger charge is -2.07. The Morgan fingerprint density at radius 3 is 2.76 bits per heavy atom. The number of esters is 1. The van der Waals surface area contributed by atoms with Gasteiger partial charge in [-0.15, -0.1) is 0 Å². The summed E-state index contributed by atoms with van der Waals surface area (Å²) in [6.07, 6.45) is 2.74. The summed E-state index contributed by atoms with van der Waals surface area (Å²) in [5.41, 5.74) is 0.981. The molecule has 1 N–H and O–H groups in total. The molecule has 5 nitrogen and oxygen atoms in total. The Morgan fingerprint density at radius 1 is 1.24 bits per heavy atom. The Labute approximate surface area is 149 Å². The fourth-order valence-electron chi connectivity index (χ4n) is 1.87. The van der Waals surface area contributed by atoms with Crippen LogP contribution in [0.1, 0.15) is 5.56 Å². The molecule has 0 aliphatic heterocycles. The molecule has 1 amide bonds. The summed E-state index contributed by atoms with van der Waals surface area (Å²) >= 11 is 5.79. The smallest absolute Gasteiger partial charge is 0.331 e. The first kappa shape index (κ1) is 18.5. The van der Waals surface area contributed by atoms with E-state index in [1.54, 1.807) is 37.5 Å². The van der Waals surface area contributed by atoms with E-state index in [1.165, 1.54) is 12.1 Å². The van der Waals surface area contributed by atoms with Gasteiger partial charge in [0.15, 0.2) is 6.61 Å². The molecule has 130 valence electrons. The van der Waals surface area contributed by atoms with Crippen molar-refractivity contribution in [3.05, 3.63) is 64.9 Å². The Kier molecular flexibility index (Phi) is 6.54. The lowest BCUT2D eigenvalue weighted by molar-refractivity contribution is -0.142. The van der Waals surface area contributed by atoms with Crippen LogP contribution in [0.4, 0.5) is 10.1 Å². The van der Waals surface area contributed by atoms with Crippen molar-refractivity contribution in [2.75, 3.05) is 19.0 Å². The standard InChI is InChI=1S/C18H15ClFNO4/c1-24-14-4-2-3-12(9-14)5-8-18(23)25-11-17(22)21-16-7-6-13(20)10-15(16)19/h2-10H,11H2,1H3,(H,21,22). The van der Waals surface area contributed by atoms with Crippen molar-refractivity contribution in [3.8, 4) is 5.75 Å². The Morgan fingerprint density at radius 2 is 2.04 bits per heavy atom. The van der Waals surface area contributed by atoms with Gasteiger partial charge in [-0.3, -0.25) is 4.79 Å². The normalized spacial score (nSPS) is 10.5. The molecular weight excluding hydrogens is 349 g/mol. The van der Waals surface area contributed by atoms with Gasteiger partial charge >= 0.3 is 5.97 Å². The monoisotopic (exact) mass is 363 g/mol. The van der Waals surface area contributed by atoms with Crippen LogP contribution in [0.2, 0.25) is 5.02 Å². The second-order valence-corrected chi connectivity index (χ2v) is 5.30. The SMILES string of the molecule is COc1cccc(C=CC(=O)OCC(=O)Nc2ccc(F)cc2Cl)c1. The third-order valence-electron chi connectivity index (χ3n) is 3.06. The Balaban J connectivity index is 1.84. The second-order valence-electron chi connectivity index (χ2n) is 4.89. The minimum Gasteiger partial charge on any atom is -0.497 e. The molecule has 0 unspecified atom stereocenters. The van der Waals surface area contributed by atoms with E-state index in [2.05, 4.69) is 5.32 Å². The molecular formula is C18H15ClFNO4. The molecule has 0 heterocycles. The number of anilines is 1. The van der Waals surface area contributed by atoms with Crippen LogP contribution in [0.15, 0.2) is 48.5 Å². The highest BCUT2D eigenvalue weighted by atomic mass is 35.5. The van der Waals surface area contributed by atoms with Crippen molar-refractivity contribution < 1.29 is 23.5 Å². The lowest BCUT2D eigenvalue weighted by atomic mass is 10.2. The number of ether oxygens (including phenoxy) is 2. The summed E-state index contributed by atoms with van der Waals surface area (Å²) in [5.74, 6) is -1.12. The number of hydrogen-bond donors (Lipinski definition) is 1. The quantitative estimate of drug-likeness (QED) is 0.628. The molecule has 7 heteroatoms. The summed E-state index contributed by atoms with van der Waals surface area (Å²) in [6.45, 7) is -0.491. The molecule has 2 aromatic carbocycles. The molecule has 0 saturated carbocycles. The number of methoxy groups -OCH3 is 1. The van der Waals surface area contributed by atoms with Crippen molar-refractivity contribution in [2.24, 2.45) is 0 Å². The molecule has 0 atom stereocenters. The van der Waals surface area contributed by atoms with Crippen molar-refractivity contribution in [1.29, 1.82) is 0 Å². The zero-order chi connectivity index (χ0) is 18.2. The van der Waals surface area contributed by atoms with E-state index >= 15 is 0 Å². The van der Waals surface area contributed by atoms with E-state index in [-0.39, 0.29) is 10.7 Å². The first-order chi connectivity index (χ1) is 12.0. The van der Waals surface area contributed by atoms with Crippen LogP contribution >= 0.6 is 11.6 Å². The first-order valence-corrected chi connectivity index (χ1v) is 7.59. The Hall–Kier alpha value is -2.86. The van der Waals surface area contributed by atoms with Gasteiger partial charge in [0.1, 0.15) is 11.6 Å². The molecule has 0 aliphatic carbocycles. The van der Waals surface area contributed by atoms with Crippen LogP contribution < -0.4 is 10.1 Å². The van der Waals surface area contributed by atoms with Gasteiger partial charge in [-0.2, -0.15) is 0 Å². The number of benzene rings is 2. The lowest BCUT2D eigenvalue weighted by Crippen LogP contribution is -2.20. The van der Waals surface area contributed by atoms with E-state index < -0.39 is 24.3 Å². The summed E-state index contributed by atoms with van der Waals surface area (Å²) in [4.78, 5) is 23.4. The van der Waals surface area contributed by atoms with Gasteiger partial charge in [0, 0.05) is 6.08 Å². The van der Waals surface area contributed by atoms with Crippen LogP contribution in [0.25, 0.3) is 6.08 Å². The topological polar surface area (TPSA) is 64.6 Å². The maximum absolute atomic E-state index is 12.9. The largest absolute Gasteiger partial charge is 0.497 e. The van der Waals surface area contributed by atoms with E-state index in [9.17, 15) is 14.0 Å². The fraction of sp³-hybridized carbons (Fsp3) is 0.111. The molecule has 0 saturated heterocycles. The van der Waals surface area contributed by atoms with E-state index in [0.717, 1.165) is 17.7 Å². The third-order valence-corrected chi connectivity index (χ3v) is 3.37. The van der Waals surface area contributed by atoms with Crippen LogP contribution in [-0.4, -0.2) is 25.6 Å². The van der Waals surface area contributed by atoms with Crippen LogP contribution in [-0.2, 0) is 14.3 Å². The first-order valence-electron chi connectivity index (χ1n) is 7.22. The maximum atomic E-state index is 12.9. The average Bonchev–Trinajstić information content (AvgIpc) is 2.60. The summed E-state index contributed by atoms with van der Waals surface area (Å²) < 4.78 is 22.8. The highest BCUT2D eigenvalue weighted by Gasteiger charge is 2.08. The molecule has 0 bridgehead atoms. The maximum Gasteiger partial charge on any atom is 0.331 e. The highest BCUT2D eigenvalue weighted by molar-refractivity contribution is 6.33. The summed E-state index contributed by atoms with van der Waals surface area (Å²) in [7, 11) is 1.54. The highest BCUT2D eigenvalue weighted by Crippen LogP contribution is 2.22. The predicted octanol–water partition coefficient (Wildman–Crippen LogP) is 3.68. The van der Waals surface area contributed by atoms with Crippen molar-refractivity contribution in [3.63, 3.8) is 0 Å². The van der Waals surface area contributed by atoms with Crippen molar-refractivity contribution >= 4 is 35.2 Å². The summed E-state index contributed by atoms with van der Waals surface area (Å²) in [6, 6.07) is 10.6. The van der Waals surface area contributed by atoms with Crippen LogP contribution in [0.5, 0.6) is 5.75 Å². The van der Waals surface area contributed by atoms with E-state index in [1.807, 2.05) is 0 Å².